The summed E-state index contributed by atoms with van der Waals surface area (Å²) in [4.78, 5) is 24.0. The van der Waals surface area contributed by atoms with Crippen LogP contribution in [0.15, 0.2) is 42.5 Å². The van der Waals surface area contributed by atoms with Gasteiger partial charge in [0.2, 0.25) is 6.41 Å². The molecule has 0 saturated carbocycles. The molecular formula is C15H10FNO3. The number of cyclic esters (lactones) is 1. The van der Waals surface area contributed by atoms with Crippen molar-refractivity contribution in [3.05, 3.63) is 59.4 Å². The van der Waals surface area contributed by atoms with Gasteiger partial charge in [0.15, 0.2) is 0 Å². The van der Waals surface area contributed by atoms with E-state index in [1.165, 1.54) is 29.2 Å². The summed E-state index contributed by atoms with van der Waals surface area (Å²) in [5.41, 5.74) is 2.40. The average Bonchev–Trinajstić information content (AvgIpc) is 2.83. The largest absolute Gasteiger partial charge is 0.457 e. The first kappa shape index (κ1) is 12.3. The Balaban J connectivity index is 2.00. The fourth-order valence-electron chi connectivity index (χ4n) is 2.14. The maximum absolute atomic E-state index is 12.9. The maximum Gasteiger partial charge on any atom is 0.338 e. The van der Waals surface area contributed by atoms with E-state index in [1.807, 2.05) is 0 Å². The van der Waals surface area contributed by atoms with E-state index in [1.54, 1.807) is 18.2 Å². The third-order valence-corrected chi connectivity index (χ3v) is 3.16. The first-order chi connectivity index (χ1) is 9.69. The van der Waals surface area contributed by atoms with Crippen LogP contribution in [-0.2, 0) is 16.1 Å². The van der Waals surface area contributed by atoms with Crippen LogP contribution in [0, 0.1) is 5.82 Å². The van der Waals surface area contributed by atoms with Crippen LogP contribution in [0.25, 0.3) is 0 Å². The lowest BCUT2D eigenvalue weighted by Gasteiger charge is -2.18. The zero-order valence-corrected chi connectivity index (χ0v) is 10.4. The fraction of sp³-hybridized carbons (Fsp3) is 0.0667. The molecule has 0 aromatic heterocycles. The van der Waals surface area contributed by atoms with Gasteiger partial charge in [-0.2, -0.15) is 0 Å². The summed E-state index contributed by atoms with van der Waals surface area (Å²) in [5.74, 6) is -0.724. The first-order valence-electron chi connectivity index (χ1n) is 5.99. The highest BCUT2D eigenvalue weighted by atomic mass is 19.1. The van der Waals surface area contributed by atoms with Gasteiger partial charge in [0, 0.05) is 16.9 Å². The Morgan fingerprint density at radius 3 is 2.50 bits per heavy atom. The summed E-state index contributed by atoms with van der Waals surface area (Å²) in [6.07, 6.45) is 0.645. The predicted molar refractivity (Wildman–Crippen MR) is 70.2 cm³/mol. The zero-order chi connectivity index (χ0) is 14.1. The number of nitrogens with zero attached hydrogens (tertiary/aromatic N) is 1. The van der Waals surface area contributed by atoms with E-state index < -0.39 is 0 Å². The highest BCUT2D eigenvalue weighted by Gasteiger charge is 2.22. The van der Waals surface area contributed by atoms with Crippen LogP contribution < -0.4 is 4.90 Å². The molecule has 100 valence electrons. The Labute approximate surface area is 114 Å². The molecule has 0 spiro atoms. The van der Waals surface area contributed by atoms with Crippen LogP contribution in [0.5, 0.6) is 0 Å². The molecule has 1 heterocycles. The molecule has 20 heavy (non-hydrogen) atoms. The summed E-state index contributed by atoms with van der Waals surface area (Å²) in [6.45, 7) is 0.206. The summed E-state index contributed by atoms with van der Waals surface area (Å²) in [5, 5.41) is 0. The van der Waals surface area contributed by atoms with Crippen LogP contribution in [0.3, 0.4) is 0 Å². The maximum atomic E-state index is 12.9. The number of hydrogen-bond donors (Lipinski definition) is 0. The fourth-order valence-corrected chi connectivity index (χ4v) is 2.14. The van der Waals surface area contributed by atoms with Gasteiger partial charge in [-0.1, -0.05) is 0 Å². The van der Waals surface area contributed by atoms with E-state index >= 15 is 0 Å². The van der Waals surface area contributed by atoms with Crippen molar-refractivity contribution < 1.29 is 18.7 Å². The Kier molecular flexibility index (Phi) is 2.95. The van der Waals surface area contributed by atoms with Crippen molar-refractivity contribution in [3.63, 3.8) is 0 Å². The molecule has 1 aliphatic rings. The molecule has 1 amide bonds. The van der Waals surface area contributed by atoms with Crippen LogP contribution >= 0.6 is 0 Å². The van der Waals surface area contributed by atoms with Crippen LogP contribution in [-0.4, -0.2) is 12.4 Å². The standard InChI is InChI=1S/C15H10FNO3/c16-11-1-3-12(4-2-11)17(9-18)13-5-6-14-10(7-13)8-20-15(14)19/h1-7,9H,8H2. The van der Waals surface area contributed by atoms with Gasteiger partial charge in [-0.3, -0.25) is 9.69 Å². The molecule has 0 fully saturated rings. The summed E-state index contributed by atoms with van der Waals surface area (Å²) in [6, 6.07) is 10.6. The zero-order valence-electron chi connectivity index (χ0n) is 10.4. The van der Waals surface area contributed by atoms with Gasteiger partial charge < -0.3 is 4.74 Å². The molecule has 4 nitrogen and oxygen atoms in total. The first-order valence-corrected chi connectivity index (χ1v) is 5.99. The number of rotatable bonds is 3. The van der Waals surface area contributed by atoms with E-state index in [-0.39, 0.29) is 18.4 Å². The van der Waals surface area contributed by atoms with E-state index in [4.69, 9.17) is 4.74 Å². The third kappa shape index (κ3) is 2.03. The lowest BCUT2D eigenvalue weighted by molar-refractivity contribution is -0.106. The number of amides is 1. The van der Waals surface area contributed by atoms with Crippen molar-refractivity contribution in [2.24, 2.45) is 0 Å². The smallest absolute Gasteiger partial charge is 0.338 e. The SMILES string of the molecule is O=CN(c1ccc(F)cc1)c1ccc2c(c1)COC2=O. The summed E-state index contributed by atoms with van der Waals surface area (Å²) in [7, 11) is 0. The Morgan fingerprint density at radius 2 is 1.80 bits per heavy atom. The molecule has 2 aromatic rings. The quantitative estimate of drug-likeness (QED) is 0.637. The second-order valence-corrected chi connectivity index (χ2v) is 4.37. The third-order valence-electron chi connectivity index (χ3n) is 3.16. The van der Waals surface area contributed by atoms with Crippen LogP contribution in [0.4, 0.5) is 15.8 Å². The summed E-state index contributed by atoms with van der Waals surface area (Å²) < 4.78 is 17.8. The number of esters is 1. The molecule has 0 radical (unpaired) electrons. The summed E-state index contributed by atoms with van der Waals surface area (Å²) >= 11 is 0. The number of hydrogen-bond acceptors (Lipinski definition) is 3. The Bertz CT molecular complexity index is 682. The predicted octanol–water partition coefficient (Wildman–Crippen LogP) is 2.79. The van der Waals surface area contributed by atoms with Crippen molar-refractivity contribution in [1.82, 2.24) is 0 Å². The van der Waals surface area contributed by atoms with Crippen LogP contribution in [0.1, 0.15) is 15.9 Å². The molecule has 0 unspecified atom stereocenters. The van der Waals surface area contributed by atoms with Crippen molar-refractivity contribution in [3.8, 4) is 0 Å². The van der Waals surface area contributed by atoms with Crippen molar-refractivity contribution in [1.29, 1.82) is 0 Å². The molecule has 0 atom stereocenters. The monoisotopic (exact) mass is 271 g/mol. The van der Waals surface area contributed by atoms with Gasteiger partial charge in [0.1, 0.15) is 12.4 Å². The van der Waals surface area contributed by atoms with E-state index in [0.717, 1.165) is 5.56 Å². The number of anilines is 2. The van der Waals surface area contributed by atoms with Gasteiger partial charge in [-0.25, -0.2) is 9.18 Å². The minimum atomic E-state index is -0.368. The average molecular weight is 271 g/mol. The van der Waals surface area contributed by atoms with Crippen molar-refractivity contribution in [2.45, 2.75) is 6.61 Å². The molecule has 0 aliphatic carbocycles. The minimum Gasteiger partial charge on any atom is -0.457 e. The molecular weight excluding hydrogens is 261 g/mol. The normalized spacial score (nSPS) is 12.8. The molecule has 1 aliphatic heterocycles. The Morgan fingerprint density at radius 1 is 1.10 bits per heavy atom. The van der Waals surface area contributed by atoms with Crippen LogP contribution in [0.2, 0.25) is 0 Å². The van der Waals surface area contributed by atoms with Gasteiger partial charge in [-0.05, 0) is 42.5 Å². The number of carbonyl (C=O) groups is 2. The molecule has 5 heteroatoms. The number of carbonyl (C=O) groups excluding carboxylic acids is 2. The molecule has 3 rings (SSSR count). The number of fused-ring (bicyclic) bond motifs is 1. The number of benzene rings is 2. The molecule has 2 aromatic carbocycles. The van der Waals surface area contributed by atoms with Crippen molar-refractivity contribution in [2.75, 3.05) is 4.90 Å². The second-order valence-electron chi connectivity index (χ2n) is 4.37. The second kappa shape index (κ2) is 4.77. The molecule has 0 bridgehead atoms. The Hall–Kier alpha value is -2.69. The van der Waals surface area contributed by atoms with Gasteiger partial charge in [-0.15, -0.1) is 0 Å². The van der Waals surface area contributed by atoms with Crippen molar-refractivity contribution >= 4 is 23.8 Å². The number of ether oxygens (including phenoxy) is 1. The van der Waals surface area contributed by atoms with Gasteiger partial charge in [0.25, 0.3) is 0 Å². The highest BCUT2D eigenvalue weighted by Crippen LogP contribution is 2.29. The highest BCUT2D eigenvalue weighted by molar-refractivity contribution is 5.95. The molecule has 0 saturated heterocycles. The topological polar surface area (TPSA) is 46.6 Å². The lowest BCUT2D eigenvalue weighted by Crippen LogP contribution is -2.14. The van der Waals surface area contributed by atoms with E-state index in [9.17, 15) is 14.0 Å². The van der Waals surface area contributed by atoms with E-state index in [0.29, 0.717) is 23.3 Å². The molecule has 0 N–H and O–H groups in total. The number of halogens is 1. The lowest BCUT2D eigenvalue weighted by atomic mass is 10.1. The van der Waals surface area contributed by atoms with E-state index in [2.05, 4.69) is 0 Å². The van der Waals surface area contributed by atoms with Gasteiger partial charge in [0.05, 0.1) is 5.56 Å². The minimum absolute atomic E-state index is 0.206. The van der Waals surface area contributed by atoms with Gasteiger partial charge >= 0.3 is 5.97 Å².